The Morgan fingerprint density at radius 3 is 2.85 bits per heavy atom. The molecule has 1 heterocycles. The summed E-state index contributed by atoms with van der Waals surface area (Å²) in [5, 5.41) is 0.929. The first-order valence-electron chi connectivity index (χ1n) is 3.54. The zero-order chi connectivity index (χ0) is 9.42. The molecule has 0 saturated carbocycles. The highest BCUT2D eigenvalue weighted by molar-refractivity contribution is 14.1. The van der Waals surface area contributed by atoms with Crippen molar-refractivity contribution in [3.8, 4) is 0 Å². The molecule has 0 radical (unpaired) electrons. The number of carbonyl (C=O) groups excluding carboxylic acids is 1. The minimum atomic E-state index is -0.444. The summed E-state index contributed by atoms with van der Waals surface area (Å²) in [7, 11) is 0. The van der Waals surface area contributed by atoms with E-state index in [1.165, 1.54) is 17.4 Å². The van der Waals surface area contributed by atoms with E-state index in [4.69, 9.17) is 0 Å². The van der Waals surface area contributed by atoms with Crippen LogP contribution in [0.1, 0.15) is 10.4 Å². The quantitative estimate of drug-likeness (QED) is 0.582. The van der Waals surface area contributed by atoms with E-state index in [0.717, 1.165) is 13.0 Å². The Kier molecular flexibility index (Phi) is 2.33. The zero-order valence-corrected chi connectivity index (χ0v) is 9.36. The third-order valence-corrected chi connectivity index (χ3v) is 3.59. The molecule has 2 rings (SSSR count). The first-order valence-corrected chi connectivity index (χ1v) is 5.44. The van der Waals surface area contributed by atoms with Crippen molar-refractivity contribution in [1.82, 2.24) is 0 Å². The van der Waals surface area contributed by atoms with Crippen molar-refractivity contribution in [2.24, 2.45) is 0 Å². The summed E-state index contributed by atoms with van der Waals surface area (Å²) in [6.07, 6.45) is 0.541. The molecule has 0 atom stereocenters. The number of benzene rings is 1. The SMILES string of the molecule is O=Cc1cc2cc(I)sc2cc1F. The maximum absolute atomic E-state index is 13.1. The average molecular weight is 306 g/mol. The van der Waals surface area contributed by atoms with Crippen molar-refractivity contribution in [2.45, 2.75) is 0 Å². The van der Waals surface area contributed by atoms with Crippen LogP contribution in [-0.4, -0.2) is 6.29 Å². The van der Waals surface area contributed by atoms with Gasteiger partial charge in [-0.25, -0.2) is 4.39 Å². The number of carbonyl (C=O) groups is 1. The molecular formula is C9H4FIOS. The Morgan fingerprint density at radius 2 is 2.15 bits per heavy atom. The second kappa shape index (κ2) is 3.34. The maximum Gasteiger partial charge on any atom is 0.153 e. The summed E-state index contributed by atoms with van der Waals surface area (Å²) in [4.78, 5) is 10.4. The second-order valence-electron chi connectivity index (χ2n) is 2.58. The van der Waals surface area contributed by atoms with Crippen LogP contribution in [0.3, 0.4) is 0 Å². The molecule has 0 saturated heterocycles. The lowest BCUT2D eigenvalue weighted by molar-refractivity contribution is 0.112. The van der Waals surface area contributed by atoms with E-state index >= 15 is 0 Å². The van der Waals surface area contributed by atoms with Crippen molar-refractivity contribution in [3.63, 3.8) is 0 Å². The number of halogens is 2. The van der Waals surface area contributed by atoms with Gasteiger partial charge < -0.3 is 0 Å². The Bertz CT molecular complexity index is 478. The zero-order valence-electron chi connectivity index (χ0n) is 6.38. The van der Waals surface area contributed by atoms with Gasteiger partial charge in [-0.1, -0.05) is 0 Å². The molecule has 1 aromatic heterocycles. The molecule has 1 nitrogen and oxygen atoms in total. The lowest BCUT2D eigenvalue weighted by Crippen LogP contribution is -1.85. The fraction of sp³-hybridized carbons (Fsp3) is 0. The van der Waals surface area contributed by atoms with Gasteiger partial charge >= 0.3 is 0 Å². The topological polar surface area (TPSA) is 17.1 Å². The van der Waals surface area contributed by atoms with Crippen LogP contribution in [0.4, 0.5) is 4.39 Å². The molecular weight excluding hydrogens is 302 g/mol. The van der Waals surface area contributed by atoms with E-state index in [9.17, 15) is 9.18 Å². The van der Waals surface area contributed by atoms with Gasteiger partial charge in [0, 0.05) is 4.70 Å². The van der Waals surface area contributed by atoms with Crippen LogP contribution in [-0.2, 0) is 0 Å². The summed E-state index contributed by atoms with van der Waals surface area (Å²) in [6, 6.07) is 4.93. The number of aldehydes is 1. The normalized spacial score (nSPS) is 10.6. The number of hydrogen-bond acceptors (Lipinski definition) is 2. The monoisotopic (exact) mass is 306 g/mol. The lowest BCUT2D eigenvalue weighted by atomic mass is 10.2. The molecule has 13 heavy (non-hydrogen) atoms. The molecule has 0 N–H and O–H groups in total. The van der Waals surface area contributed by atoms with Gasteiger partial charge in [-0.2, -0.15) is 0 Å². The highest BCUT2D eigenvalue weighted by atomic mass is 127. The molecule has 0 amide bonds. The Balaban J connectivity index is 2.79. The van der Waals surface area contributed by atoms with Crippen LogP contribution in [0.15, 0.2) is 18.2 Å². The van der Waals surface area contributed by atoms with Gasteiger partial charge in [-0.05, 0) is 46.2 Å². The highest BCUT2D eigenvalue weighted by Crippen LogP contribution is 2.28. The Labute approximate surface area is 91.7 Å². The van der Waals surface area contributed by atoms with Gasteiger partial charge in [-0.15, -0.1) is 11.3 Å². The molecule has 4 heteroatoms. The highest BCUT2D eigenvalue weighted by Gasteiger charge is 2.05. The number of rotatable bonds is 1. The van der Waals surface area contributed by atoms with Crippen LogP contribution in [0.25, 0.3) is 10.1 Å². The van der Waals surface area contributed by atoms with E-state index in [2.05, 4.69) is 22.6 Å². The molecule has 0 bridgehead atoms. The van der Waals surface area contributed by atoms with Crippen molar-refractivity contribution < 1.29 is 9.18 Å². The fourth-order valence-corrected chi connectivity index (χ4v) is 2.98. The minimum Gasteiger partial charge on any atom is -0.298 e. The number of thiophene rings is 1. The molecule has 1 aromatic carbocycles. The molecule has 2 aromatic rings. The van der Waals surface area contributed by atoms with Crippen LogP contribution in [0.2, 0.25) is 0 Å². The molecule has 0 aliphatic carbocycles. The van der Waals surface area contributed by atoms with Crippen LogP contribution >= 0.6 is 33.9 Å². The summed E-state index contributed by atoms with van der Waals surface area (Å²) < 4.78 is 15.1. The third-order valence-electron chi connectivity index (χ3n) is 1.73. The molecule has 0 aliphatic rings. The van der Waals surface area contributed by atoms with Gasteiger partial charge in [0.05, 0.1) is 8.45 Å². The van der Waals surface area contributed by atoms with Crippen molar-refractivity contribution in [3.05, 3.63) is 32.5 Å². The molecule has 0 unspecified atom stereocenters. The summed E-state index contributed by atoms with van der Waals surface area (Å²) in [5.41, 5.74) is 0.127. The van der Waals surface area contributed by atoms with E-state index < -0.39 is 5.82 Å². The fourth-order valence-electron chi connectivity index (χ4n) is 1.14. The van der Waals surface area contributed by atoms with Crippen molar-refractivity contribution in [1.29, 1.82) is 0 Å². The van der Waals surface area contributed by atoms with Crippen LogP contribution < -0.4 is 0 Å². The lowest BCUT2D eigenvalue weighted by Gasteiger charge is -1.93. The van der Waals surface area contributed by atoms with Gasteiger partial charge in [0.15, 0.2) is 6.29 Å². The average Bonchev–Trinajstić information content (AvgIpc) is 2.42. The third kappa shape index (κ3) is 1.60. The summed E-state index contributed by atoms with van der Waals surface area (Å²) in [5.74, 6) is -0.444. The van der Waals surface area contributed by atoms with E-state index in [1.54, 1.807) is 6.07 Å². The second-order valence-corrected chi connectivity index (χ2v) is 5.56. The van der Waals surface area contributed by atoms with Crippen LogP contribution in [0.5, 0.6) is 0 Å². The molecule has 0 spiro atoms. The van der Waals surface area contributed by atoms with Gasteiger partial charge in [-0.3, -0.25) is 4.79 Å². The largest absolute Gasteiger partial charge is 0.298 e. The van der Waals surface area contributed by atoms with E-state index in [0.29, 0.717) is 6.29 Å². The first kappa shape index (κ1) is 9.08. The molecule has 66 valence electrons. The van der Waals surface area contributed by atoms with Crippen molar-refractivity contribution >= 4 is 50.3 Å². The Hall–Kier alpha value is -0.490. The van der Waals surface area contributed by atoms with Gasteiger partial charge in [0.25, 0.3) is 0 Å². The standard InChI is InChI=1S/C9H4FIOS/c10-7-3-8-5(1-6(7)4-12)2-9(11)13-8/h1-4H. The minimum absolute atomic E-state index is 0.127. The molecule has 0 aliphatic heterocycles. The number of fused-ring (bicyclic) bond motifs is 1. The van der Waals surface area contributed by atoms with Crippen molar-refractivity contribution in [2.75, 3.05) is 0 Å². The smallest absolute Gasteiger partial charge is 0.153 e. The Morgan fingerprint density at radius 1 is 1.38 bits per heavy atom. The number of hydrogen-bond donors (Lipinski definition) is 0. The van der Waals surface area contributed by atoms with Crippen LogP contribution in [0, 0.1) is 8.70 Å². The first-order chi connectivity index (χ1) is 6.20. The molecule has 0 fully saturated rings. The van der Waals surface area contributed by atoms with E-state index in [-0.39, 0.29) is 5.56 Å². The van der Waals surface area contributed by atoms with Gasteiger partial charge in [0.1, 0.15) is 5.82 Å². The summed E-state index contributed by atoms with van der Waals surface area (Å²) >= 11 is 3.69. The predicted molar refractivity (Wildman–Crippen MR) is 59.9 cm³/mol. The summed E-state index contributed by atoms with van der Waals surface area (Å²) in [6.45, 7) is 0. The predicted octanol–water partition coefficient (Wildman–Crippen LogP) is 3.46. The van der Waals surface area contributed by atoms with Gasteiger partial charge in [0.2, 0.25) is 0 Å². The maximum atomic E-state index is 13.1. The van der Waals surface area contributed by atoms with E-state index in [1.807, 2.05) is 6.07 Å².